The second-order valence-electron chi connectivity index (χ2n) is 4.25. The maximum absolute atomic E-state index is 10.4. The number of phenols is 1. The monoisotopic (exact) mass is 249 g/mol. The van der Waals surface area contributed by atoms with E-state index in [2.05, 4.69) is 4.99 Å². The fraction of sp³-hybridized carbons (Fsp3) is 0.385. The van der Waals surface area contributed by atoms with Crippen LogP contribution in [0.2, 0.25) is 0 Å². The summed E-state index contributed by atoms with van der Waals surface area (Å²) in [7, 11) is 0. The number of hydrogen-bond donors (Lipinski definition) is 2. The zero-order valence-corrected chi connectivity index (χ0v) is 9.87. The Labute approximate surface area is 105 Å². The van der Waals surface area contributed by atoms with E-state index in [-0.39, 0.29) is 18.3 Å². The summed E-state index contributed by atoms with van der Waals surface area (Å²) in [6.45, 7) is 0.515. The number of aromatic hydroxyl groups is 1. The lowest BCUT2D eigenvalue weighted by Crippen LogP contribution is -2.15. The van der Waals surface area contributed by atoms with Gasteiger partial charge in [-0.3, -0.25) is 9.79 Å². The van der Waals surface area contributed by atoms with E-state index in [0.29, 0.717) is 25.3 Å². The number of aliphatic carboxylic acids is 1. The van der Waals surface area contributed by atoms with Gasteiger partial charge in [-0.15, -0.1) is 0 Å². The molecule has 2 rings (SSSR count). The molecule has 0 fully saturated rings. The van der Waals surface area contributed by atoms with Gasteiger partial charge >= 0.3 is 5.97 Å². The van der Waals surface area contributed by atoms with Crippen LogP contribution in [-0.2, 0) is 16.0 Å². The first kappa shape index (κ1) is 12.4. The molecule has 0 amide bonds. The Morgan fingerprint density at radius 1 is 1.50 bits per heavy atom. The molecule has 1 heterocycles. The van der Waals surface area contributed by atoms with Crippen LogP contribution in [0.15, 0.2) is 29.3 Å². The molecule has 96 valence electrons. The number of ether oxygens (including phenoxy) is 1. The molecule has 0 bridgehead atoms. The van der Waals surface area contributed by atoms with Crippen LogP contribution >= 0.6 is 0 Å². The van der Waals surface area contributed by atoms with Crippen LogP contribution in [0.3, 0.4) is 0 Å². The Hall–Kier alpha value is -2.04. The predicted molar refractivity (Wildman–Crippen MR) is 65.9 cm³/mol. The molecule has 1 aromatic carbocycles. The predicted octanol–water partition coefficient (Wildman–Crippen LogP) is 1.60. The number of nitrogens with zero attached hydrogens (tertiary/aromatic N) is 1. The van der Waals surface area contributed by atoms with E-state index in [1.165, 1.54) is 0 Å². The minimum atomic E-state index is -0.819. The van der Waals surface area contributed by atoms with Gasteiger partial charge < -0.3 is 14.9 Å². The number of phenolic OH excluding ortho intramolecular Hbond substituents is 1. The van der Waals surface area contributed by atoms with Crippen LogP contribution in [0.4, 0.5) is 0 Å². The van der Waals surface area contributed by atoms with E-state index >= 15 is 0 Å². The van der Waals surface area contributed by atoms with Gasteiger partial charge in [-0.2, -0.15) is 0 Å². The van der Waals surface area contributed by atoms with Crippen molar-refractivity contribution in [1.82, 2.24) is 0 Å². The highest BCUT2D eigenvalue weighted by Gasteiger charge is 2.20. The zero-order chi connectivity index (χ0) is 13.0. The molecular formula is C13H15NO4. The minimum Gasteiger partial charge on any atom is -0.508 e. The first-order chi connectivity index (χ1) is 8.63. The van der Waals surface area contributed by atoms with Gasteiger partial charge in [0.25, 0.3) is 0 Å². The summed E-state index contributed by atoms with van der Waals surface area (Å²) in [4.78, 5) is 14.7. The first-order valence-corrected chi connectivity index (χ1v) is 5.83. The molecule has 1 aliphatic heterocycles. The van der Waals surface area contributed by atoms with Crippen molar-refractivity contribution in [3.05, 3.63) is 29.8 Å². The minimum absolute atomic E-state index is 0.0968. The fourth-order valence-electron chi connectivity index (χ4n) is 1.84. The third-order valence-corrected chi connectivity index (χ3v) is 2.72. The quantitative estimate of drug-likeness (QED) is 0.830. The van der Waals surface area contributed by atoms with Crippen molar-refractivity contribution >= 4 is 11.9 Å². The summed E-state index contributed by atoms with van der Waals surface area (Å²) in [5, 5.41) is 17.9. The molecule has 0 radical (unpaired) electrons. The highest BCUT2D eigenvalue weighted by atomic mass is 16.5. The lowest BCUT2D eigenvalue weighted by atomic mass is 10.1. The number of rotatable bonds is 5. The molecule has 18 heavy (non-hydrogen) atoms. The summed E-state index contributed by atoms with van der Waals surface area (Å²) >= 11 is 0. The molecular weight excluding hydrogens is 234 g/mol. The molecule has 0 spiro atoms. The van der Waals surface area contributed by atoms with Crippen LogP contribution in [0.1, 0.15) is 18.4 Å². The van der Waals surface area contributed by atoms with Crippen molar-refractivity contribution < 1.29 is 19.7 Å². The molecule has 1 unspecified atom stereocenters. The van der Waals surface area contributed by atoms with Crippen molar-refractivity contribution in [1.29, 1.82) is 0 Å². The maximum Gasteiger partial charge on any atom is 0.303 e. The third kappa shape index (κ3) is 3.48. The second kappa shape index (κ2) is 5.53. The Bertz CT molecular complexity index is 470. The number of benzene rings is 1. The highest BCUT2D eigenvalue weighted by molar-refractivity contribution is 5.80. The molecule has 5 heteroatoms. The lowest BCUT2D eigenvalue weighted by Gasteiger charge is -2.09. The summed E-state index contributed by atoms with van der Waals surface area (Å²) in [6, 6.07) is 6.92. The Morgan fingerprint density at radius 3 is 3.06 bits per heavy atom. The smallest absolute Gasteiger partial charge is 0.303 e. The van der Waals surface area contributed by atoms with Gasteiger partial charge in [0.15, 0.2) is 5.90 Å². The van der Waals surface area contributed by atoms with Gasteiger partial charge in [-0.05, 0) is 24.1 Å². The molecule has 0 saturated carbocycles. The third-order valence-electron chi connectivity index (χ3n) is 2.72. The van der Waals surface area contributed by atoms with Crippen molar-refractivity contribution in [2.75, 3.05) is 6.54 Å². The molecule has 1 aromatic rings. The normalized spacial score (nSPS) is 18.2. The molecule has 2 N–H and O–H groups in total. The van der Waals surface area contributed by atoms with E-state index in [1.807, 2.05) is 6.07 Å². The molecule has 0 aliphatic carbocycles. The highest BCUT2D eigenvalue weighted by Crippen LogP contribution is 2.16. The summed E-state index contributed by atoms with van der Waals surface area (Å²) < 4.78 is 5.56. The first-order valence-electron chi connectivity index (χ1n) is 5.83. The van der Waals surface area contributed by atoms with Crippen LogP contribution in [0.5, 0.6) is 5.75 Å². The molecule has 0 saturated heterocycles. The Morgan fingerprint density at radius 2 is 2.33 bits per heavy atom. The number of carbonyl (C=O) groups is 1. The Kier molecular flexibility index (Phi) is 3.82. The van der Waals surface area contributed by atoms with E-state index < -0.39 is 5.97 Å². The standard InChI is InChI=1S/C13H15NO4/c15-10-3-1-2-9(6-10)7-12-14-8-11(18-12)4-5-13(16)17/h1-3,6,11,15H,4-5,7-8H2,(H,16,17). The van der Waals surface area contributed by atoms with Gasteiger partial charge in [-0.1, -0.05) is 12.1 Å². The summed E-state index contributed by atoms with van der Waals surface area (Å²) in [5.41, 5.74) is 0.924. The molecule has 5 nitrogen and oxygen atoms in total. The van der Waals surface area contributed by atoms with Gasteiger partial charge in [0.1, 0.15) is 11.9 Å². The van der Waals surface area contributed by atoms with Crippen molar-refractivity contribution in [3.63, 3.8) is 0 Å². The second-order valence-corrected chi connectivity index (χ2v) is 4.25. The summed E-state index contributed by atoms with van der Waals surface area (Å²) in [6.07, 6.45) is 0.966. The van der Waals surface area contributed by atoms with E-state index in [0.717, 1.165) is 5.56 Å². The lowest BCUT2D eigenvalue weighted by molar-refractivity contribution is -0.137. The average Bonchev–Trinajstić information content (AvgIpc) is 2.74. The van der Waals surface area contributed by atoms with Crippen LogP contribution in [0, 0.1) is 0 Å². The van der Waals surface area contributed by atoms with Gasteiger partial charge in [0.05, 0.1) is 6.54 Å². The van der Waals surface area contributed by atoms with Crippen molar-refractivity contribution in [3.8, 4) is 5.75 Å². The molecule has 1 atom stereocenters. The number of aliphatic imine (C=N–C) groups is 1. The molecule has 1 aliphatic rings. The molecule has 0 aromatic heterocycles. The van der Waals surface area contributed by atoms with E-state index in [9.17, 15) is 9.90 Å². The van der Waals surface area contributed by atoms with Gasteiger partial charge in [-0.25, -0.2) is 0 Å². The van der Waals surface area contributed by atoms with Crippen LogP contribution in [-0.4, -0.2) is 34.7 Å². The topological polar surface area (TPSA) is 79.1 Å². The largest absolute Gasteiger partial charge is 0.508 e. The van der Waals surface area contributed by atoms with Crippen LogP contribution < -0.4 is 0 Å². The SMILES string of the molecule is O=C(O)CCC1CN=C(Cc2cccc(O)c2)O1. The Balaban J connectivity index is 1.84. The zero-order valence-electron chi connectivity index (χ0n) is 9.87. The van der Waals surface area contributed by atoms with Gasteiger partial charge in [0, 0.05) is 12.8 Å². The van der Waals surface area contributed by atoms with Crippen molar-refractivity contribution in [2.45, 2.75) is 25.4 Å². The maximum atomic E-state index is 10.4. The number of carboxylic acids is 1. The van der Waals surface area contributed by atoms with E-state index in [1.54, 1.807) is 18.2 Å². The number of carboxylic acid groups (broad SMARTS) is 1. The van der Waals surface area contributed by atoms with Gasteiger partial charge in [0.2, 0.25) is 0 Å². The van der Waals surface area contributed by atoms with Crippen molar-refractivity contribution in [2.24, 2.45) is 4.99 Å². The van der Waals surface area contributed by atoms with E-state index in [4.69, 9.17) is 9.84 Å². The summed E-state index contributed by atoms with van der Waals surface area (Å²) in [5.74, 6) is 0.00421. The fourth-order valence-corrected chi connectivity index (χ4v) is 1.84. The average molecular weight is 249 g/mol. The number of hydrogen-bond acceptors (Lipinski definition) is 4. The van der Waals surface area contributed by atoms with Crippen LogP contribution in [0.25, 0.3) is 0 Å².